The first-order valence-corrected chi connectivity index (χ1v) is 14.1. The maximum absolute atomic E-state index is 13.1. The summed E-state index contributed by atoms with van der Waals surface area (Å²) in [5.41, 5.74) is 2.18. The van der Waals surface area contributed by atoms with Gasteiger partial charge < -0.3 is 10.6 Å². The van der Waals surface area contributed by atoms with Gasteiger partial charge in [0.05, 0.1) is 20.9 Å². The summed E-state index contributed by atoms with van der Waals surface area (Å²) < 4.78 is 28.8. The van der Waals surface area contributed by atoms with Crippen LogP contribution in [-0.4, -0.2) is 30.5 Å². The summed E-state index contributed by atoms with van der Waals surface area (Å²) in [4.78, 5) is 29.8. The van der Waals surface area contributed by atoms with E-state index in [0.717, 1.165) is 30.0 Å². The van der Waals surface area contributed by atoms with Gasteiger partial charge in [-0.15, -0.1) is 11.3 Å². The Hall–Kier alpha value is -2.68. The quantitative estimate of drug-likeness (QED) is 0.243. The monoisotopic (exact) mass is 643 g/mol. The van der Waals surface area contributed by atoms with Crippen LogP contribution in [0.15, 0.2) is 63.9 Å². The van der Waals surface area contributed by atoms with Gasteiger partial charge in [-0.05, 0) is 77.5 Å². The highest BCUT2D eigenvalue weighted by Gasteiger charge is 2.20. The number of carbonyl (C=O) groups is 1. The Labute approximate surface area is 223 Å². The van der Waals surface area contributed by atoms with E-state index >= 15 is 0 Å². The number of thiophene rings is 1. The molecule has 2 aromatic heterocycles. The number of anilines is 2. The first-order chi connectivity index (χ1) is 16.7. The van der Waals surface area contributed by atoms with Crippen molar-refractivity contribution >= 4 is 83.9 Å². The van der Waals surface area contributed by atoms with Gasteiger partial charge in [0.1, 0.15) is 10.5 Å². The van der Waals surface area contributed by atoms with Gasteiger partial charge in [0.15, 0.2) is 0 Å². The Balaban J connectivity index is 1.54. The summed E-state index contributed by atoms with van der Waals surface area (Å²) in [5.74, 6) is 0. The SMILES string of the molecule is CCCNc1ccc2c(=O)n(-c3ccc(NC(=O)NS(=O)(=O)c4ccc(Cl)s4)cc3I)cnc2c1. The lowest BCUT2D eigenvalue weighted by Gasteiger charge is -2.12. The van der Waals surface area contributed by atoms with Crippen molar-refractivity contribution in [2.75, 3.05) is 17.2 Å². The summed E-state index contributed by atoms with van der Waals surface area (Å²) in [7, 11) is -4.04. The number of rotatable bonds is 7. The van der Waals surface area contributed by atoms with E-state index < -0.39 is 16.1 Å². The van der Waals surface area contributed by atoms with Crippen molar-refractivity contribution in [3.63, 3.8) is 0 Å². The van der Waals surface area contributed by atoms with E-state index in [0.29, 0.717) is 30.2 Å². The average molecular weight is 644 g/mol. The molecule has 0 radical (unpaired) electrons. The van der Waals surface area contributed by atoms with E-state index in [4.69, 9.17) is 11.6 Å². The van der Waals surface area contributed by atoms with Gasteiger partial charge in [-0.1, -0.05) is 18.5 Å². The first-order valence-electron chi connectivity index (χ1n) is 10.3. The Morgan fingerprint density at radius 3 is 2.60 bits per heavy atom. The Morgan fingerprint density at radius 2 is 1.91 bits per heavy atom. The van der Waals surface area contributed by atoms with E-state index in [1.54, 1.807) is 24.3 Å². The molecule has 4 rings (SSSR count). The molecule has 182 valence electrons. The zero-order chi connectivity index (χ0) is 25.2. The topological polar surface area (TPSA) is 122 Å². The predicted octanol–water partition coefficient (Wildman–Crippen LogP) is 5.04. The van der Waals surface area contributed by atoms with E-state index in [2.05, 4.69) is 22.5 Å². The molecule has 35 heavy (non-hydrogen) atoms. The highest BCUT2D eigenvalue weighted by atomic mass is 127. The third-order valence-electron chi connectivity index (χ3n) is 4.84. The molecule has 4 aromatic rings. The zero-order valence-electron chi connectivity index (χ0n) is 18.2. The summed E-state index contributed by atoms with van der Waals surface area (Å²) in [6, 6.07) is 12.1. The van der Waals surface area contributed by atoms with Crippen molar-refractivity contribution in [1.29, 1.82) is 0 Å². The molecule has 0 spiro atoms. The van der Waals surface area contributed by atoms with Crippen molar-refractivity contribution < 1.29 is 13.2 Å². The lowest BCUT2D eigenvalue weighted by Crippen LogP contribution is -2.34. The third-order valence-corrected chi connectivity index (χ3v) is 8.76. The fourth-order valence-corrected chi connectivity index (χ4v) is 6.39. The van der Waals surface area contributed by atoms with Crippen molar-refractivity contribution in [2.24, 2.45) is 0 Å². The largest absolute Gasteiger partial charge is 0.385 e. The molecule has 0 aliphatic carbocycles. The molecule has 3 N–H and O–H groups in total. The minimum atomic E-state index is -4.04. The summed E-state index contributed by atoms with van der Waals surface area (Å²) >= 11 is 8.66. The van der Waals surface area contributed by atoms with Crippen LogP contribution in [0.4, 0.5) is 16.2 Å². The smallest absolute Gasteiger partial charge is 0.333 e. The van der Waals surface area contributed by atoms with Gasteiger partial charge in [-0.2, -0.15) is 0 Å². The molecule has 0 fully saturated rings. The normalized spacial score (nSPS) is 11.4. The Kier molecular flexibility index (Phi) is 7.64. The van der Waals surface area contributed by atoms with Crippen LogP contribution < -0.4 is 20.9 Å². The molecule has 0 aliphatic heterocycles. The van der Waals surface area contributed by atoms with Crippen molar-refractivity contribution in [3.05, 3.63) is 73.1 Å². The van der Waals surface area contributed by atoms with Crippen LogP contribution in [-0.2, 0) is 10.0 Å². The molecule has 0 unspecified atom stereocenters. The molecule has 0 bridgehead atoms. The maximum Gasteiger partial charge on any atom is 0.333 e. The van der Waals surface area contributed by atoms with Gasteiger partial charge in [0, 0.05) is 21.5 Å². The van der Waals surface area contributed by atoms with Gasteiger partial charge in [-0.3, -0.25) is 9.36 Å². The fourth-order valence-electron chi connectivity index (χ4n) is 3.22. The molecular weight excluding hydrogens is 625 g/mol. The highest BCUT2D eigenvalue weighted by molar-refractivity contribution is 14.1. The first kappa shape index (κ1) is 25.4. The molecule has 2 heterocycles. The van der Waals surface area contributed by atoms with Crippen LogP contribution in [0.3, 0.4) is 0 Å². The molecule has 9 nitrogen and oxygen atoms in total. The summed E-state index contributed by atoms with van der Waals surface area (Å²) in [6.07, 6.45) is 2.45. The summed E-state index contributed by atoms with van der Waals surface area (Å²) in [6.45, 7) is 2.90. The fraction of sp³-hybridized carbons (Fsp3) is 0.136. The standard InChI is InChI=1S/C22H19ClIN5O4S2/c1-2-9-25-13-3-5-15-17(11-13)26-12-29(21(15)30)18-6-4-14(10-16(18)24)27-22(31)28-35(32,33)20-8-7-19(23)34-20/h3-8,10-12,25H,2,9H2,1H3,(H2,27,28,31). The highest BCUT2D eigenvalue weighted by Crippen LogP contribution is 2.26. The lowest BCUT2D eigenvalue weighted by molar-refractivity contribution is 0.256. The Morgan fingerprint density at radius 1 is 1.14 bits per heavy atom. The lowest BCUT2D eigenvalue weighted by atomic mass is 10.2. The number of fused-ring (bicyclic) bond motifs is 1. The number of carbonyl (C=O) groups excluding carboxylic acids is 1. The second kappa shape index (κ2) is 10.5. The molecule has 2 amide bonds. The molecule has 0 atom stereocenters. The number of amides is 2. The number of hydrogen-bond donors (Lipinski definition) is 3. The minimum Gasteiger partial charge on any atom is -0.385 e. The number of urea groups is 1. The number of sulfonamides is 1. The van der Waals surface area contributed by atoms with Crippen LogP contribution in [0.1, 0.15) is 13.3 Å². The zero-order valence-corrected chi connectivity index (χ0v) is 22.8. The number of nitrogens with zero attached hydrogens (tertiary/aromatic N) is 2. The molecule has 0 saturated carbocycles. The molecule has 13 heteroatoms. The van der Waals surface area contributed by atoms with Crippen LogP contribution in [0, 0.1) is 3.57 Å². The van der Waals surface area contributed by atoms with Gasteiger partial charge >= 0.3 is 6.03 Å². The number of aromatic nitrogens is 2. The number of hydrogen-bond acceptors (Lipinski definition) is 7. The Bertz CT molecular complexity index is 1590. The number of benzene rings is 2. The predicted molar refractivity (Wildman–Crippen MR) is 148 cm³/mol. The second-order valence-corrected chi connectivity index (χ2v) is 12.1. The van der Waals surface area contributed by atoms with Crippen LogP contribution >= 0.6 is 45.5 Å². The maximum atomic E-state index is 13.1. The second-order valence-electron chi connectivity index (χ2n) is 7.36. The van der Waals surface area contributed by atoms with Gasteiger partial charge in [0.25, 0.3) is 15.6 Å². The molecule has 2 aromatic carbocycles. The third kappa shape index (κ3) is 5.77. The number of halogens is 2. The van der Waals surface area contributed by atoms with Crippen LogP contribution in [0.5, 0.6) is 0 Å². The van der Waals surface area contributed by atoms with E-state index in [-0.39, 0.29) is 9.77 Å². The van der Waals surface area contributed by atoms with Crippen molar-refractivity contribution in [2.45, 2.75) is 17.6 Å². The minimum absolute atomic E-state index is 0.0703. The summed E-state index contributed by atoms with van der Waals surface area (Å²) in [5, 5.41) is 6.24. The van der Waals surface area contributed by atoms with Gasteiger partial charge in [0.2, 0.25) is 0 Å². The van der Waals surface area contributed by atoms with Crippen molar-refractivity contribution in [3.8, 4) is 5.69 Å². The average Bonchev–Trinajstić information content (AvgIpc) is 3.25. The molecular formula is C22H19ClIN5O4S2. The van der Waals surface area contributed by atoms with E-state index in [9.17, 15) is 18.0 Å². The van der Waals surface area contributed by atoms with E-state index in [1.807, 2.05) is 39.4 Å². The van der Waals surface area contributed by atoms with Crippen LogP contribution in [0.2, 0.25) is 4.34 Å². The number of nitrogens with one attached hydrogen (secondary N) is 3. The van der Waals surface area contributed by atoms with Gasteiger partial charge in [-0.25, -0.2) is 22.9 Å². The molecule has 0 aliphatic rings. The van der Waals surface area contributed by atoms with E-state index in [1.165, 1.54) is 23.0 Å². The van der Waals surface area contributed by atoms with Crippen LogP contribution in [0.25, 0.3) is 16.6 Å². The molecule has 0 saturated heterocycles. The van der Waals surface area contributed by atoms with Crippen molar-refractivity contribution in [1.82, 2.24) is 14.3 Å².